The molecule has 2 heterocycles. The van der Waals surface area contributed by atoms with Crippen LogP contribution in [-0.2, 0) is 0 Å². The fraction of sp³-hybridized carbons (Fsp3) is 0.0417. The van der Waals surface area contributed by atoms with Gasteiger partial charge in [0.15, 0.2) is 8.07 Å². The molecule has 2 unspecified atom stereocenters. The third-order valence-electron chi connectivity index (χ3n) is 11.1. The molecule has 1 aliphatic heterocycles. The predicted molar refractivity (Wildman–Crippen MR) is 218 cm³/mol. The Bertz CT molecular complexity index is 2510. The van der Waals surface area contributed by atoms with Crippen molar-refractivity contribution in [1.82, 2.24) is 4.57 Å². The van der Waals surface area contributed by atoms with Crippen LogP contribution in [0.15, 0.2) is 206 Å². The Morgan fingerprint density at radius 2 is 1.00 bits per heavy atom. The molecule has 1 aromatic heterocycles. The number of anilines is 2. The zero-order valence-corrected chi connectivity index (χ0v) is 29.2. The highest BCUT2D eigenvalue weighted by atomic mass is 28.3. The van der Waals surface area contributed by atoms with E-state index < -0.39 is 8.07 Å². The molecule has 242 valence electrons. The first-order valence-corrected chi connectivity index (χ1v) is 19.9. The molecule has 7 aromatic carbocycles. The lowest BCUT2D eigenvalue weighted by Crippen LogP contribution is -2.74. The van der Waals surface area contributed by atoms with Gasteiger partial charge in [0.05, 0.1) is 17.1 Å². The topological polar surface area (TPSA) is 8.17 Å². The normalized spacial score (nSPS) is 16.4. The van der Waals surface area contributed by atoms with Crippen LogP contribution in [0, 0.1) is 0 Å². The molecule has 0 N–H and O–H groups in total. The summed E-state index contributed by atoms with van der Waals surface area (Å²) in [6.45, 7) is 0. The molecular weight excluding hydrogens is 633 g/mol. The van der Waals surface area contributed by atoms with E-state index in [1.165, 1.54) is 65.2 Å². The molecule has 0 radical (unpaired) electrons. The Kier molecular flexibility index (Phi) is 7.00. The molecule has 1 aliphatic carbocycles. The van der Waals surface area contributed by atoms with Gasteiger partial charge in [-0.3, -0.25) is 0 Å². The lowest BCUT2D eigenvalue weighted by atomic mass is 9.91. The molecule has 0 saturated carbocycles. The summed E-state index contributed by atoms with van der Waals surface area (Å²) in [5, 5.41) is 8.03. The molecule has 2 nitrogen and oxygen atoms in total. The molecule has 0 spiro atoms. The van der Waals surface area contributed by atoms with Gasteiger partial charge in [0.25, 0.3) is 0 Å². The Morgan fingerprint density at radius 1 is 0.412 bits per heavy atom. The van der Waals surface area contributed by atoms with E-state index in [2.05, 4.69) is 216 Å². The Labute approximate surface area is 299 Å². The van der Waals surface area contributed by atoms with Gasteiger partial charge in [-0.2, -0.15) is 0 Å². The number of hydrogen-bond donors (Lipinski definition) is 0. The van der Waals surface area contributed by atoms with Gasteiger partial charge >= 0.3 is 0 Å². The van der Waals surface area contributed by atoms with E-state index in [1.807, 2.05) is 0 Å². The Morgan fingerprint density at radius 3 is 1.73 bits per heavy atom. The van der Waals surface area contributed by atoms with E-state index in [-0.39, 0.29) is 6.04 Å². The first-order valence-electron chi connectivity index (χ1n) is 17.9. The van der Waals surface area contributed by atoms with Crippen molar-refractivity contribution in [3.63, 3.8) is 0 Å². The molecule has 0 fully saturated rings. The predicted octanol–water partition coefficient (Wildman–Crippen LogP) is 8.89. The van der Waals surface area contributed by atoms with E-state index in [1.54, 1.807) is 0 Å². The van der Waals surface area contributed by atoms with Gasteiger partial charge in [-0.15, -0.1) is 0 Å². The largest absolute Gasteiger partial charge is 0.333 e. The molecule has 2 atom stereocenters. The van der Waals surface area contributed by atoms with Gasteiger partial charge in [-0.05, 0) is 68.8 Å². The first-order chi connectivity index (χ1) is 25.3. The van der Waals surface area contributed by atoms with Crippen molar-refractivity contribution in [3.8, 4) is 5.69 Å². The fourth-order valence-corrected chi connectivity index (χ4v) is 13.7. The van der Waals surface area contributed by atoms with Crippen LogP contribution in [0.25, 0.3) is 27.5 Å². The van der Waals surface area contributed by atoms with Crippen LogP contribution in [0.5, 0.6) is 0 Å². The second kappa shape index (κ2) is 12.0. The standard InChI is InChI=1S/C48H36N2Si/c1-4-18-37(19-5-1)51(38-20-6-2-7-21-38,39-22-8-3-9-23-39)40-24-16-17-35(33-40)49-47-30-15-12-27-43(47)44-34-36(31-32-48(44)49)50-45-28-13-10-25-41(45)42-26-11-14-29-46(42)50/h1-34,41,45H. The van der Waals surface area contributed by atoms with Crippen LogP contribution in [0.2, 0.25) is 0 Å². The highest BCUT2D eigenvalue weighted by Gasteiger charge is 2.41. The molecule has 8 aromatic rings. The molecule has 3 heteroatoms. The van der Waals surface area contributed by atoms with Crippen molar-refractivity contribution in [3.05, 3.63) is 212 Å². The number of benzene rings is 7. The average Bonchev–Trinajstić information content (AvgIpc) is 3.72. The van der Waals surface area contributed by atoms with Gasteiger partial charge in [0.1, 0.15) is 0 Å². The Hall–Kier alpha value is -6.16. The number of rotatable bonds is 6. The van der Waals surface area contributed by atoms with Crippen molar-refractivity contribution in [2.75, 3.05) is 4.90 Å². The summed E-state index contributed by atoms with van der Waals surface area (Å²) in [5.74, 6) is 0.356. The van der Waals surface area contributed by atoms with Gasteiger partial charge in [0, 0.05) is 33.8 Å². The van der Waals surface area contributed by atoms with Crippen molar-refractivity contribution >= 4 is 62.0 Å². The van der Waals surface area contributed by atoms with E-state index >= 15 is 0 Å². The minimum atomic E-state index is -2.69. The van der Waals surface area contributed by atoms with Gasteiger partial charge in [-0.25, -0.2) is 0 Å². The second-order valence-corrected chi connectivity index (χ2v) is 17.5. The lowest BCUT2D eigenvalue weighted by Gasteiger charge is -2.34. The van der Waals surface area contributed by atoms with Crippen LogP contribution >= 0.6 is 0 Å². The van der Waals surface area contributed by atoms with Crippen LogP contribution < -0.4 is 25.6 Å². The summed E-state index contributed by atoms with van der Waals surface area (Å²) in [7, 11) is -2.69. The molecule has 51 heavy (non-hydrogen) atoms. The van der Waals surface area contributed by atoms with E-state index in [4.69, 9.17) is 0 Å². The summed E-state index contributed by atoms with van der Waals surface area (Å²) in [4.78, 5) is 2.53. The van der Waals surface area contributed by atoms with E-state index in [9.17, 15) is 0 Å². The molecule has 10 rings (SSSR count). The monoisotopic (exact) mass is 668 g/mol. The van der Waals surface area contributed by atoms with Crippen molar-refractivity contribution in [2.24, 2.45) is 0 Å². The van der Waals surface area contributed by atoms with Crippen molar-refractivity contribution in [1.29, 1.82) is 0 Å². The average molecular weight is 669 g/mol. The number of para-hydroxylation sites is 2. The summed E-state index contributed by atoms with van der Waals surface area (Å²) >= 11 is 0. The van der Waals surface area contributed by atoms with Crippen molar-refractivity contribution in [2.45, 2.75) is 12.0 Å². The fourth-order valence-electron chi connectivity index (χ4n) is 8.92. The summed E-state index contributed by atoms with van der Waals surface area (Å²) in [5.41, 5.74) is 7.52. The maximum atomic E-state index is 2.53. The van der Waals surface area contributed by atoms with E-state index in [0.717, 1.165) is 0 Å². The number of nitrogens with zero attached hydrogens (tertiary/aromatic N) is 2. The molecular formula is C48H36N2Si. The third kappa shape index (κ3) is 4.55. The summed E-state index contributed by atoms with van der Waals surface area (Å²) < 4.78 is 2.47. The van der Waals surface area contributed by atoms with Crippen LogP contribution in [-0.4, -0.2) is 18.7 Å². The second-order valence-electron chi connectivity index (χ2n) is 13.7. The maximum absolute atomic E-state index is 2.69. The molecule has 2 aliphatic rings. The zero-order chi connectivity index (χ0) is 33.8. The highest BCUT2D eigenvalue weighted by Crippen LogP contribution is 2.48. The van der Waals surface area contributed by atoms with Crippen LogP contribution in [0.4, 0.5) is 11.4 Å². The number of allylic oxidation sites excluding steroid dienone is 2. The first kappa shape index (κ1) is 29.7. The number of fused-ring (bicyclic) bond motifs is 6. The van der Waals surface area contributed by atoms with Crippen LogP contribution in [0.1, 0.15) is 11.5 Å². The summed E-state index contributed by atoms with van der Waals surface area (Å²) in [6, 6.07) is 68.0. The molecule has 0 bridgehead atoms. The highest BCUT2D eigenvalue weighted by molar-refractivity contribution is 7.19. The van der Waals surface area contributed by atoms with E-state index in [0.29, 0.717) is 5.92 Å². The van der Waals surface area contributed by atoms with Gasteiger partial charge in [-0.1, -0.05) is 164 Å². The maximum Gasteiger partial charge on any atom is 0.179 e. The number of hydrogen-bond acceptors (Lipinski definition) is 1. The van der Waals surface area contributed by atoms with Crippen molar-refractivity contribution < 1.29 is 0 Å². The summed E-state index contributed by atoms with van der Waals surface area (Å²) in [6.07, 6.45) is 9.09. The smallest absolute Gasteiger partial charge is 0.179 e. The van der Waals surface area contributed by atoms with Gasteiger partial charge < -0.3 is 9.47 Å². The minimum absolute atomic E-state index is 0.266. The lowest BCUT2D eigenvalue weighted by molar-refractivity contribution is 0.745. The molecule has 0 amide bonds. The third-order valence-corrected chi connectivity index (χ3v) is 15.8. The van der Waals surface area contributed by atoms with Gasteiger partial charge in [0.2, 0.25) is 0 Å². The van der Waals surface area contributed by atoms with Crippen LogP contribution in [0.3, 0.4) is 0 Å². The minimum Gasteiger partial charge on any atom is -0.333 e. The number of aromatic nitrogens is 1. The molecule has 0 saturated heterocycles. The SMILES string of the molecule is C1=CC2c3ccccc3N(c3ccc4c(c3)c3ccccc3n4-c3cccc([Si](c4ccccc4)(c4ccccc4)c4ccccc4)c3)C2C=C1. The zero-order valence-electron chi connectivity index (χ0n) is 28.2. The quantitative estimate of drug-likeness (QED) is 0.127. The Balaban J connectivity index is 1.19.